The van der Waals surface area contributed by atoms with Gasteiger partial charge in [0.05, 0.1) is 10.6 Å². The third-order valence-corrected chi connectivity index (χ3v) is 5.20. The molecule has 0 spiro atoms. The summed E-state index contributed by atoms with van der Waals surface area (Å²) < 4.78 is 5.52. The second-order valence-corrected chi connectivity index (χ2v) is 7.65. The molecule has 0 saturated heterocycles. The van der Waals surface area contributed by atoms with Gasteiger partial charge in [-0.25, -0.2) is 0 Å². The van der Waals surface area contributed by atoms with Gasteiger partial charge in [0, 0.05) is 28.5 Å². The van der Waals surface area contributed by atoms with Crippen molar-refractivity contribution in [1.82, 2.24) is 4.90 Å². The van der Waals surface area contributed by atoms with Crippen LogP contribution in [0.3, 0.4) is 0 Å². The van der Waals surface area contributed by atoms with Crippen molar-refractivity contribution in [3.05, 3.63) is 44.6 Å². The standard InChI is InChI=1S/C19H23ClN2O3S/c1-5-22(6-2)18(23)11-25-17-8-7-14(10-16(17)20)21-19(24)15-9-12(3)26-13(15)4/h7-10H,5-6,11H2,1-4H3,(H,21,24). The summed E-state index contributed by atoms with van der Waals surface area (Å²) in [6, 6.07) is 6.84. The number of ether oxygens (including phenoxy) is 1. The van der Waals surface area contributed by atoms with Crippen LogP contribution in [0.1, 0.15) is 34.0 Å². The maximum absolute atomic E-state index is 12.4. The number of amides is 2. The molecule has 2 rings (SSSR count). The molecule has 0 radical (unpaired) electrons. The summed E-state index contributed by atoms with van der Waals surface area (Å²) >= 11 is 7.81. The minimum atomic E-state index is -0.173. The van der Waals surface area contributed by atoms with Crippen molar-refractivity contribution in [2.75, 3.05) is 25.0 Å². The van der Waals surface area contributed by atoms with Crippen LogP contribution in [0.25, 0.3) is 0 Å². The van der Waals surface area contributed by atoms with E-state index in [9.17, 15) is 9.59 Å². The minimum absolute atomic E-state index is 0.0690. The first kappa shape index (κ1) is 20.3. The van der Waals surface area contributed by atoms with Gasteiger partial charge in [0.25, 0.3) is 11.8 Å². The zero-order valence-electron chi connectivity index (χ0n) is 15.4. The smallest absolute Gasteiger partial charge is 0.260 e. The Hall–Kier alpha value is -2.05. The Morgan fingerprint density at radius 2 is 1.88 bits per heavy atom. The van der Waals surface area contributed by atoms with Gasteiger partial charge in [-0.05, 0) is 52.0 Å². The molecule has 0 bridgehead atoms. The number of hydrogen-bond acceptors (Lipinski definition) is 4. The van der Waals surface area contributed by atoms with Crippen LogP contribution in [0.15, 0.2) is 24.3 Å². The summed E-state index contributed by atoms with van der Waals surface area (Å²) in [5.41, 5.74) is 1.24. The molecule has 0 atom stereocenters. The Bertz CT molecular complexity index is 800. The lowest BCUT2D eigenvalue weighted by Gasteiger charge is -2.19. The number of halogens is 1. The maximum Gasteiger partial charge on any atom is 0.260 e. The van der Waals surface area contributed by atoms with E-state index in [1.807, 2.05) is 33.8 Å². The summed E-state index contributed by atoms with van der Waals surface area (Å²) in [5.74, 6) is 0.146. The monoisotopic (exact) mass is 394 g/mol. The van der Waals surface area contributed by atoms with E-state index < -0.39 is 0 Å². The third kappa shape index (κ3) is 4.99. The highest BCUT2D eigenvalue weighted by Gasteiger charge is 2.14. The predicted molar refractivity (Wildman–Crippen MR) is 107 cm³/mol. The van der Waals surface area contributed by atoms with E-state index in [2.05, 4.69) is 5.32 Å². The first-order valence-electron chi connectivity index (χ1n) is 8.44. The highest BCUT2D eigenvalue weighted by molar-refractivity contribution is 7.12. The number of anilines is 1. The topological polar surface area (TPSA) is 58.6 Å². The zero-order chi connectivity index (χ0) is 19.3. The van der Waals surface area contributed by atoms with E-state index in [0.29, 0.717) is 35.1 Å². The van der Waals surface area contributed by atoms with E-state index in [1.165, 1.54) is 0 Å². The summed E-state index contributed by atoms with van der Waals surface area (Å²) in [5, 5.41) is 3.18. The number of carbonyl (C=O) groups is 2. The zero-order valence-corrected chi connectivity index (χ0v) is 17.0. The number of rotatable bonds is 7. The molecule has 1 heterocycles. The predicted octanol–water partition coefficient (Wildman–Crippen LogP) is 4.52. The quantitative estimate of drug-likeness (QED) is 0.751. The van der Waals surface area contributed by atoms with Crippen LogP contribution in [0.5, 0.6) is 5.75 Å². The van der Waals surface area contributed by atoms with E-state index in [0.717, 1.165) is 9.75 Å². The number of hydrogen-bond donors (Lipinski definition) is 1. The maximum atomic E-state index is 12.4. The molecular formula is C19H23ClN2O3S. The fourth-order valence-electron chi connectivity index (χ4n) is 2.56. The number of aryl methyl sites for hydroxylation is 2. The van der Waals surface area contributed by atoms with Gasteiger partial charge in [0.15, 0.2) is 6.61 Å². The lowest BCUT2D eigenvalue weighted by atomic mass is 10.2. The fourth-order valence-corrected chi connectivity index (χ4v) is 3.71. The third-order valence-electron chi connectivity index (χ3n) is 3.94. The molecule has 1 aromatic heterocycles. The Morgan fingerprint density at radius 1 is 1.19 bits per heavy atom. The molecule has 1 aromatic carbocycles. The SMILES string of the molecule is CCN(CC)C(=O)COc1ccc(NC(=O)c2cc(C)sc2C)cc1Cl. The van der Waals surface area contributed by atoms with Crippen molar-refractivity contribution in [2.24, 2.45) is 0 Å². The number of carbonyl (C=O) groups excluding carboxylic acids is 2. The Morgan fingerprint density at radius 3 is 2.42 bits per heavy atom. The molecule has 0 aliphatic carbocycles. The van der Waals surface area contributed by atoms with Crippen molar-refractivity contribution >= 4 is 40.4 Å². The fraction of sp³-hybridized carbons (Fsp3) is 0.368. The van der Waals surface area contributed by atoms with Gasteiger partial charge in [0.1, 0.15) is 5.75 Å². The van der Waals surface area contributed by atoms with Crippen LogP contribution < -0.4 is 10.1 Å². The van der Waals surface area contributed by atoms with Crippen molar-refractivity contribution in [2.45, 2.75) is 27.7 Å². The normalized spacial score (nSPS) is 10.5. The lowest BCUT2D eigenvalue weighted by molar-refractivity contribution is -0.132. The summed E-state index contributed by atoms with van der Waals surface area (Å²) in [7, 11) is 0. The second-order valence-electron chi connectivity index (χ2n) is 5.78. The van der Waals surface area contributed by atoms with Crippen LogP contribution >= 0.6 is 22.9 Å². The van der Waals surface area contributed by atoms with Gasteiger partial charge in [-0.15, -0.1) is 11.3 Å². The van der Waals surface area contributed by atoms with Gasteiger partial charge in [-0.1, -0.05) is 11.6 Å². The highest BCUT2D eigenvalue weighted by atomic mass is 35.5. The summed E-state index contributed by atoms with van der Waals surface area (Å²) in [6.07, 6.45) is 0. The molecule has 7 heteroatoms. The highest BCUT2D eigenvalue weighted by Crippen LogP contribution is 2.28. The second kappa shape index (κ2) is 9.05. The number of likely N-dealkylation sites (N-methyl/N-ethyl adjacent to an activating group) is 1. The molecule has 26 heavy (non-hydrogen) atoms. The van der Waals surface area contributed by atoms with Crippen LogP contribution in [0, 0.1) is 13.8 Å². The van der Waals surface area contributed by atoms with Crippen molar-refractivity contribution < 1.29 is 14.3 Å². The Kier molecular flexibility index (Phi) is 7.06. The average molecular weight is 395 g/mol. The Labute approximate surface area is 162 Å². The molecule has 2 amide bonds. The van der Waals surface area contributed by atoms with Gasteiger partial charge in [-0.2, -0.15) is 0 Å². The van der Waals surface area contributed by atoms with E-state index in [-0.39, 0.29) is 18.4 Å². The van der Waals surface area contributed by atoms with Gasteiger partial charge in [-0.3, -0.25) is 9.59 Å². The lowest BCUT2D eigenvalue weighted by Crippen LogP contribution is -2.34. The molecule has 0 fully saturated rings. The van der Waals surface area contributed by atoms with Crippen LogP contribution in [0.4, 0.5) is 5.69 Å². The van der Waals surface area contributed by atoms with Crippen molar-refractivity contribution in [3.63, 3.8) is 0 Å². The minimum Gasteiger partial charge on any atom is -0.482 e. The van der Waals surface area contributed by atoms with Crippen molar-refractivity contribution in [3.8, 4) is 5.75 Å². The molecule has 0 saturated carbocycles. The number of benzene rings is 1. The van der Waals surface area contributed by atoms with Gasteiger partial charge >= 0.3 is 0 Å². The molecule has 0 unspecified atom stereocenters. The Balaban J connectivity index is 2.01. The summed E-state index contributed by atoms with van der Waals surface area (Å²) in [6.45, 7) is 8.93. The largest absolute Gasteiger partial charge is 0.482 e. The summed E-state index contributed by atoms with van der Waals surface area (Å²) in [4.78, 5) is 28.1. The number of thiophene rings is 1. The first-order chi connectivity index (χ1) is 12.3. The average Bonchev–Trinajstić information content (AvgIpc) is 2.93. The van der Waals surface area contributed by atoms with E-state index in [1.54, 1.807) is 34.4 Å². The molecule has 1 N–H and O–H groups in total. The van der Waals surface area contributed by atoms with Crippen LogP contribution in [-0.4, -0.2) is 36.4 Å². The molecule has 0 aliphatic rings. The number of nitrogens with one attached hydrogen (secondary N) is 1. The van der Waals surface area contributed by atoms with E-state index in [4.69, 9.17) is 16.3 Å². The first-order valence-corrected chi connectivity index (χ1v) is 9.63. The van der Waals surface area contributed by atoms with Gasteiger partial charge < -0.3 is 15.0 Å². The molecule has 2 aromatic rings. The molecule has 140 valence electrons. The van der Waals surface area contributed by atoms with Crippen LogP contribution in [-0.2, 0) is 4.79 Å². The molecule has 5 nitrogen and oxygen atoms in total. The number of nitrogens with zero attached hydrogens (tertiary/aromatic N) is 1. The van der Waals surface area contributed by atoms with E-state index >= 15 is 0 Å². The molecular weight excluding hydrogens is 372 g/mol. The van der Waals surface area contributed by atoms with Crippen LogP contribution in [0.2, 0.25) is 5.02 Å². The molecule has 0 aliphatic heterocycles. The van der Waals surface area contributed by atoms with Gasteiger partial charge in [0.2, 0.25) is 0 Å². The van der Waals surface area contributed by atoms with Crippen molar-refractivity contribution in [1.29, 1.82) is 0 Å².